The fourth-order valence-electron chi connectivity index (χ4n) is 3.75. The van der Waals surface area contributed by atoms with Crippen LogP contribution in [0.1, 0.15) is 30.9 Å². The van der Waals surface area contributed by atoms with E-state index in [1.807, 2.05) is 60.0 Å². The minimum atomic E-state index is -0.0277. The highest BCUT2D eigenvalue weighted by Gasteiger charge is 2.30. The lowest BCUT2D eigenvalue weighted by Gasteiger charge is -2.34. The molecule has 5 heteroatoms. The maximum absolute atomic E-state index is 13.1. The van der Waals surface area contributed by atoms with Gasteiger partial charge in [0.2, 0.25) is 11.8 Å². The van der Waals surface area contributed by atoms with Gasteiger partial charge in [0.25, 0.3) is 0 Å². The van der Waals surface area contributed by atoms with E-state index >= 15 is 0 Å². The predicted octanol–water partition coefficient (Wildman–Crippen LogP) is 4.48. The van der Waals surface area contributed by atoms with Crippen LogP contribution in [0.2, 0.25) is 5.02 Å². The minimum absolute atomic E-state index is 0.0277. The van der Waals surface area contributed by atoms with E-state index in [9.17, 15) is 9.59 Å². The quantitative estimate of drug-likeness (QED) is 0.744. The van der Waals surface area contributed by atoms with Crippen molar-refractivity contribution in [1.29, 1.82) is 0 Å². The highest BCUT2D eigenvalue weighted by molar-refractivity contribution is 6.30. The Hall–Kier alpha value is -2.33. The topological polar surface area (TPSA) is 40.6 Å². The van der Waals surface area contributed by atoms with Crippen molar-refractivity contribution < 1.29 is 9.59 Å². The Balaban J connectivity index is 1.57. The van der Waals surface area contributed by atoms with Gasteiger partial charge in [-0.1, -0.05) is 35.9 Å². The number of rotatable bonds is 5. The molecular formula is C23H27ClN2O2. The van der Waals surface area contributed by atoms with Gasteiger partial charge in [-0.3, -0.25) is 9.59 Å². The molecule has 1 aliphatic rings. The Morgan fingerprint density at radius 2 is 1.79 bits per heavy atom. The van der Waals surface area contributed by atoms with Crippen molar-refractivity contribution in [3.05, 3.63) is 64.7 Å². The molecule has 0 unspecified atom stereocenters. The number of aryl methyl sites for hydroxylation is 1. The van der Waals surface area contributed by atoms with E-state index in [4.69, 9.17) is 11.6 Å². The van der Waals surface area contributed by atoms with Crippen molar-refractivity contribution in [1.82, 2.24) is 4.90 Å². The van der Waals surface area contributed by atoms with E-state index in [0.717, 1.165) is 16.8 Å². The second kappa shape index (κ2) is 9.24. The van der Waals surface area contributed by atoms with Crippen LogP contribution < -0.4 is 4.90 Å². The summed E-state index contributed by atoms with van der Waals surface area (Å²) < 4.78 is 0. The van der Waals surface area contributed by atoms with Crippen molar-refractivity contribution in [3.63, 3.8) is 0 Å². The van der Waals surface area contributed by atoms with Gasteiger partial charge in [-0.25, -0.2) is 0 Å². The van der Waals surface area contributed by atoms with Crippen molar-refractivity contribution in [3.8, 4) is 0 Å². The molecule has 0 saturated carbocycles. The van der Waals surface area contributed by atoms with Crippen LogP contribution in [0, 0.1) is 12.8 Å². The molecule has 0 aromatic heterocycles. The summed E-state index contributed by atoms with van der Waals surface area (Å²) >= 11 is 5.90. The summed E-state index contributed by atoms with van der Waals surface area (Å²) in [6.07, 6.45) is 1.81. The zero-order chi connectivity index (χ0) is 20.1. The Morgan fingerprint density at radius 1 is 1.11 bits per heavy atom. The smallest absolute Gasteiger partial charge is 0.230 e. The van der Waals surface area contributed by atoms with Crippen molar-refractivity contribution in [2.45, 2.75) is 33.1 Å². The molecule has 0 radical (unpaired) electrons. The highest BCUT2D eigenvalue weighted by atomic mass is 35.5. The van der Waals surface area contributed by atoms with Crippen LogP contribution in [-0.2, 0) is 16.0 Å². The monoisotopic (exact) mass is 398 g/mol. The third-order valence-corrected chi connectivity index (χ3v) is 5.61. The predicted molar refractivity (Wildman–Crippen MR) is 114 cm³/mol. The van der Waals surface area contributed by atoms with Gasteiger partial charge in [-0.2, -0.15) is 0 Å². The van der Waals surface area contributed by atoms with E-state index in [0.29, 0.717) is 43.9 Å². The number of carbonyl (C=O) groups is 2. The fourth-order valence-corrected chi connectivity index (χ4v) is 3.87. The van der Waals surface area contributed by atoms with Gasteiger partial charge in [0, 0.05) is 36.3 Å². The van der Waals surface area contributed by atoms with Crippen LogP contribution in [-0.4, -0.2) is 36.3 Å². The molecule has 0 atom stereocenters. The van der Waals surface area contributed by atoms with E-state index in [1.54, 1.807) is 12.1 Å². The number of piperidine rings is 1. The van der Waals surface area contributed by atoms with Crippen molar-refractivity contribution >= 4 is 29.1 Å². The van der Waals surface area contributed by atoms with Crippen LogP contribution in [0.15, 0.2) is 48.5 Å². The standard InChI is InChI=1S/C23H27ClN2O2/c1-3-26(21-6-4-5-17(2)15-21)23(28)19-11-13-25(14-12-19)22(27)16-18-7-9-20(24)10-8-18/h4-10,15,19H,3,11-14,16H2,1-2H3. The van der Waals surface area contributed by atoms with E-state index in [2.05, 4.69) is 0 Å². The molecule has 1 saturated heterocycles. The zero-order valence-electron chi connectivity index (χ0n) is 16.5. The number of hydrogen-bond acceptors (Lipinski definition) is 2. The molecule has 28 heavy (non-hydrogen) atoms. The number of nitrogens with zero attached hydrogens (tertiary/aromatic N) is 2. The van der Waals surface area contributed by atoms with E-state index in [1.165, 1.54) is 0 Å². The summed E-state index contributed by atoms with van der Waals surface area (Å²) in [5, 5.41) is 0.671. The Labute approximate surface area is 172 Å². The molecule has 3 rings (SSSR count). The number of amides is 2. The average Bonchev–Trinajstić information content (AvgIpc) is 2.70. The first-order valence-corrected chi connectivity index (χ1v) is 10.3. The molecule has 0 aliphatic carbocycles. The third kappa shape index (κ3) is 4.93. The van der Waals surface area contributed by atoms with Crippen molar-refractivity contribution in [2.24, 2.45) is 5.92 Å². The molecule has 0 N–H and O–H groups in total. The molecular weight excluding hydrogens is 372 g/mol. The van der Waals surface area contributed by atoms with Gasteiger partial charge in [0.15, 0.2) is 0 Å². The zero-order valence-corrected chi connectivity index (χ0v) is 17.3. The number of anilines is 1. The molecule has 2 amide bonds. The molecule has 2 aromatic rings. The molecule has 1 fully saturated rings. The molecule has 0 spiro atoms. The van der Waals surface area contributed by atoms with Crippen molar-refractivity contribution in [2.75, 3.05) is 24.5 Å². The molecule has 2 aromatic carbocycles. The number of likely N-dealkylation sites (tertiary alicyclic amines) is 1. The minimum Gasteiger partial charge on any atom is -0.342 e. The van der Waals surface area contributed by atoms with Crippen LogP contribution in [0.4, 0.5) is 5.69 Å². The van der Waals surface area contributed by atoms with Gasteiger partial charge < -0.3 is 9.80 Å². The summed E-state index contributed by atoms with van der Waals surface area (Å²) in [5.74, 6) is 0.247. The highest BCUT2D eigenvalue weighted by Crippen LogP contribution is 2.24. The lowest BCUT2D eigenvalue weighted by atomic mass is 9.94. The third-order valence-electron chi connectivity index (χ3n) is 5.36. The van der Waals surface area contributed by atoms with Gasteiger partial charge in [0.05, 0.1) is 6.42 Å². The SMILES string of the molecule is CCN(C(=O)C1CCN(C(=O)Cc2ccc(Cl)cc2)CC1)c1cccc(C)c1. The first-order valence-electron chi connectivity index (χ1n) is 9.88. The molecule has 0 bridgehead atoms. The Morgan fingerprint density at radius 3 is 2.39 bits per heavy atom. The van der Waals surface area contributed by atoms with Gasteiger partial charge in [0.1, 0.15) is 0 Å². The van der Waals surface area contributed by atoms with Crippen LogP contribution >= 0.6 is 11.6 Å². The summed E-state index contributed by atoms with van der Waals surface area (Å²) in [4.78, 5) is 29.4. The Bertz CT molecular complexity index is 827. The first kappa shape index (κ1) is 20.4. The van der Waals surface area contributed by atoms with E-state index in [-0.39, 0.29) is 17.7 Å². The van der Waals surface area contributed by atoms with Gasteiger partial charge in [-0.05, 0) is 62.1 Å². The Kier molecular flexibility index (Phi) is 6.74. The molecule has 1 heterocycles. The summed E-state index contributed by atoms with van der Waals surface area (Å²) in [6.45, 7) is 5.96. The largest absolute Gasteiger partial charge is 0.342 e. The number of halogens is 1. The van der Waals surface area contributed by atoms with E-state index < -0.39 is 0 Å². The summed E-state index contributed by atoms with van der Waals surface area (Å²) in [7, 11) is 0. The maximum atomic E-state index is 13.1. The first-order chi connectivity index (χ1) is 13.5. The summed E-state index contributed by atoms with van der Waals surface area (Å²) in [5.41, 5.74) is 3.06. The lowest BCUT2D eigenvalue weighted by molar-refractivity contribution is -0.134. The molecule has 148 valence electrons. The normalized spacial score (nSPS) is 14.8. The fraction of sp³-hybridized carbons (Fsp3) is 0.391. The average molecular weight is 399 g/mol. The molecule has 1 aliphatic heterocycles. The summed E-state index contributed by atoms with van der Waals surface area (Å²) in [6, 6.07) is 15.4. The van der Waals surface area contributed by atoms with Crippen LogP contribution in [0.5, 0.6) is 0 Å². The number of carbonyl (C=O) groups excluding carboxylic acids is 2. The number of benzene rings is 2. The second-order valence-corrected chi connectivity index (χ2v) is 7.82. The van der Waals surface area contributed by atoms with Gasteiger partial charge in [-0.15, -0.1) is 0 Å². The maximum Gasteiger partial charge on any atom is 0.230 e. The van der Waals surface area contributed by atoms with Crippen LogP contribution in [0.25, 0.3) is 0 Å². The van der Waals surface area contributed by atoms with Gasteiger partial charge >= 0.3 is 0 Å². The number of hydrogen-bond donors (Lipinski definition) is 0. The second-order valence-electron chi connectivity index (χ2n) is 7.38. The molecule has 4 nitrogen and oxygen atoms in total. The van der Waals surface area contributed by atoms with Crippen LogP contribution in [0.3, 0.4) is 0 Å². The lowest BCUT2D eigenvalue weighted by Crippen LogP contribution is -2.45.